The number of rotatable bonds is 2. The van der Waals surface area contributed by atoms with E-state index in [4.69, 9.17) is 9.47 Å². The number of benzene rings is 1. The van der Waals surface area contributed by atoms with E-state index in [-0.39, 0.29) is 5.76 Å². The van der Waals surface area contributed by atoms with Crippen molar-refractivity contribution >= 4 is 11.7 Å². The van der Waals surface area contributed by atoms with Gasteiger partial charge in [0.2, 0.25) is 5.76 Å². The molecule has 0 aromatic heterocycles. The lowest BCUT2D eigenvalue weighted by Crippen LogP contribution is -2.23. The van der Waals surface area contributed by atoms with E-state index >= 15 is 0 Å². The van der Waals surface area contributed by atoms with Crippen LogP contribution in [-0.4, -0.2) is 19.6 Å². The maximum atomic E-state index is 11.6. The maximum Gasteiger partial charge on any atom is 0.375 e. The fourth-order valence-corrected chi connectivity index (χ4v) is 1.68. The van der Waals surface area contributed by atoms with E-state index in [2.05, 4.69) is 0 Å². The molecule has 2 rings (SSSR count). The monoisotopic (exact) mass is 233 g/mol. The van der Waals surface area contributed by atoms with Gasteiger partial charge in [0.1, 0.15) is 0 Å². The molecule has 4 nitrogen and oxygen atoms in total. The summed E-state index contributed by atoms with van der Waals surface area (Å²) in [4.78, 5) is 13.4. The summed E-state index contributed by atoms with van der Waals surface area (Å²) in [5.74, 6) is 0.444. The predicted octanol–water partition coefficient (Wildman–Crippen LogP) is 2.23. The lowest BCUT2D eigenvalue weighted by molar-refractivity contribution is -0.141. The van der Waals surface area contributed by atoms with E-state index in [1.54, 1.807) is 13.1 Å². The van der Waals surface area contributed by atoms with Gasteiger partial charge in [-0.15, -0.1) is 0 Å². The molecule has 0 bridgehead atoms. The fraction of sp³-hybridized carbons (Fsp3) is 0.308. The Labute approximate surface area is 100 Å². The normalized spacial score (nSPS) is 13.6. The number of aryl methyl sites for hydroxylation is 1. The van der Waals surface area contributed by atoms with Crippen molar-refractivity contribution < 1.29 is 14.3 Å². The van der Waals surface area contributed by atoms with Gasteiger partial charge >= 0.3 is 5.97 Å². The van der Waals surface area contributed by atoms with Crippen LogP contribution in [0.1, 0.15) is 12.5 Å². The Bertz CT molecular complexity index is 480. The number of carbonyl (C=O) groups is 1. The highest BCUT2D eigenvalue weighted by Crippen LogP contribution is 2.34. The first kappa shape index (κ1) is 11.5. The van der Waals surface area contributed by atoms with Crippen molar-refractivity contribution in [3.8, 4) is 5.75 Å². The van der Waals surface area contributed by atoms with Crippen molar-refractivity contribution in [2.45, 2.75) is 13.8 Å². The Morgan fingerprint density at radius 2 is 2.24 bits per heavy atom. The van der Waals surface area contributed by atoms with Crippen LogP contribution in [-0.2, 0) is 9.53 Å². The summed E-state index contributed by atoms with van der Waals surface area (Å²) < 4.78 is 10.4. The zero-order valence-corrected chi connectivity index (χ0v) is 10.2. The second-order valence-corrected chi connectivity index (χ2v) is 3.90. The number of hydrogen-bond donors (Lipinski definition) is 0. The number of nitrogens with zero attached hydrogens (tertiary/aromatic N) is 1. The zero-order valence-electron chi connectivity index (χ0n) is 10.2. The van der Waals surface area contributed by atoms with E-state index in [1.165, 1.54) is 0 Å². The van der Waals surface area contributed by atoms with Gasteiger partial charge in [0.15, 0.2) is 5.75 Å². The summed E-state index contributed by atoms with van der Waals surface area (Å²) in [6.45, 7) is 4.12. The Hall–Kier alpha value is -1.97. The first-order chi connectivity index (χ1) is 8.11. The minimum atomic E-state index is -0.439. The molecule has 1 heterocycles. The lowest BCUT2D eigenvalue weighted by Gasteiger charge is -2.25. The van der Waals surface area contributed by atoms with E-state index in [9.17, 15) is 4.79 Å². The molecule has 0 saturated carbocycles. The molecular formula is C13H15NO3. The molecule has 0 aliphatic carbocycles. The maximum absolute atomic E-state index is 11.6. The first-order valence-corrected chi connectivity index (χ1v) is 5.52. The minimum absolute atomic E-state index is 0.214. The number of anilines is 1. The van der Waals surface area contributed by atoms with Gasteiger partial charge in [-0.05, 0) is 31.5 Å². The van der Waals surface area contributed by atoms with Crippen LogP contribution in [0.15, 0.2) is 30.2 Å². The Kier molecular flexibility index (Phi) is 3.04. The van der Waals surface area contributed by atoms with Gasteiger partial charge in [-0.1, -0.05) is 6.07 Å². The van der Waals surface area contributed by atoms with E-state index in [0.717, 1.165) is 11.3 Å². The van der Waals surface area contributed by atoms with Crippen LogP contribution in [0.4, 0.5) is 5.69 Å². The van der Waals surface area contributed by atoms with Crippen molar-refractivity contribution in [1.29, 1.82) is 0 Å². The van der Waals surface area contributed by atoms with Gasteiger partial charge < -0.3 is 14.4 Å². The lowest BCUT2D eigenvalue weighted by atomic mass is 10.2. The predicted molar refractivity (Wildman–Crippen MR) is 64.9 cm³/mol. The number of esters is 1. The molecule has 0 spiro atoms. The van der Waals surface area contributed by atoms with E-state index in [0.29, 0.717) is 12.4 Å². The highest BCUT2D eigenvalue weighted by molar-refractivity contribution is 5.88. The number of fused-ring (bicyclic) bond motifs is 1. The minimum Gasteiger partial charge on any atom is -0.460 e. The van der Waals surface area contributed by atoms with E-state index in [1.807, 2.05) is 37.1 Å². The smallest absolute Gasteiger partial charge is 0.375 e. The average molecular weight is 233 g/mol. The van der Waals surface area contributed by atoms with Crippen molar-refractivity contribution in [3.63, 3.8) is 0 Å². The fourth-order valence-electron chi connectivity index (χ4n) is 1.68. The molecule has 0 unspecified atom stereocenters. The molecule has 0 radical (unpaired) electrons. The number of carbonyl (C=O) groups excluding carboxylic acids is 1. The third-order valence-corrected chi connectivity index (χ3v) is 2.50. The standard InChI is InChI=1S/C13H15NO3/c1-4-16-13(15)12-8-14(3)10-7-9(2)5-6-11(10)17-12/h5-8H,4H2,1-3H3. The SMILES string of the molecule is CCOC(=O)C1=CN(C)c2cc(C)ccc2O1. The molecule has 1 aliphatic rings. The summed E-state index contributed by atoms with van der Waals surface area (Å²) in [7, 11) is 1.88. The van der Waals surface area contributed by atoms with Gasteiger partial charge in [-0.3, -0.25) is 0 Å². The third kappa shape index (κ3) is 2.25. The van der Waals surface area contributed by atoms with Crippen molar-refractivity contribution in [3.05, 3.63) is 35.7 Å². The molecule has 0 fully saturated rings. The van der Waals surface area contributed by atoms with E-state index < -0.39 is 5.97 Å². The molecule has 0 saturated heterocycles. The quantitative estimate of drug-likeness (QED) is 0.734. The first-order valence-electron chi connectivity index (χ1n) is 5.52. The van der Waals surface area contributed by atoms with Crippen LogP contribution in [0, 0.1) is 6.92 Å². The largest absolute Gasteiger partial charge is 0.460 e. The Balaban J connectivity index is 2.29. The summed E-state index contributed by atoms with van der Waals surface area (Å²) in [6, 6.07) is 5.81. The van der Waals surface area contributed by atoms with Gasteiger partial charge in [0.05, 0.1) is 18.5 Å². The van der Waals surface area contributed by atoms with Crippen LogP contribution in [0.3, 0.4) is 0 Å². The van der Waals surface area contributed by atoms with Crippen LogP contribution in [0.25, 0.3) is 0 Å². The van der Waals surface area contributed by atoms with Crippen molar-refractivity contribution in [1.82, 2.24) is 0 Å². The van der Waals surface area contributed by atoms with Crippen molar-refractivity contribution in [2.24, 2.45) is 0 Å². The molecule has 90 valence electrons. The van der Waals surface area contributed by atoms with Crippen LogP contribution in [0.2, 0.25) is 0 Å². The summed E-state index contributed by atoms with van der Waals surface area (Å²) in [6.07, 6.45) is 1.64. The van der Waals surface area contributed by atoms with Crippen LogP contribution in [0.5, 0.6) is 5.75 Å². The number of hydrogen-bond acceptors (Lipinski definition) is 4. The Morgan fingerprint density at radius 3 is 2.94 bits per heavy atom. The molecule has 1 aliphatic heterocycles. The number of ether oxygens (including phenoxy) is 2. The van der Waals surface area contributed by atoms with Gasteiger partial charge in [0, 0.05) is 7.05 Å². The average Bonchev–Trinajstić information content (AvgIpc) is 2.30. The topological polar surface area (TPSA) is 38.8 Å². The van der Waals surface area contributed by atoms with Gasteiger partial charge in [0.25, 0.3) is 0 Å². The summed E-state index contributed by atoms with van der Waals surface area (Å²) >= 11 is 0. The molecule has 1 aromatic rings. The Morgan fingerprint density at radius 1 is 1.47 bits per heavy atom. The summed E-state index contributed by atoms with van der Waals surface area (Å²) in [5.41, 5.74) is 2.09. The van der Waals surface area contributed by atoms with Gasteiger partial charge in [-0.2, -0.15) is 0 Å². The third-order valence-electron chi connectivity index (χ3n) is 2.50. The molecule has 0 atom stereocenters. The van der Waals surface area contributed by atoms with Crippen LogP contribution < -0.4 is 9.64 Å². The van der Waals surface area contributed by atoms with Crippen molar-refractivity contribution in [2.75, 3.05) is 18.6 Å². The molecule has 4 heteroatoms. The molecule has 17 heavy (non-hydrogen) atoms. The summed E-state index contributed by atoms with van der Waals surface area (Å²) in [5, 5.41) is 0. The van der Waals surface area contributed by atoms with Gasteiger partial charge in [-0.25, -0.2) is 4.79 Å². The second-order valence-electron chi connectivity index (χ2n) is 3.90. The molecular weight excluding hydrogens is 218 g/mol. The van der Waals surface area contributed by atoms with Crippen LogP contribution >= 0.6 is 0 Å². The highest BCUT2D eigenvalue weighted by atomic mass is 16.6. The second kappa shape index (κ2) is 4.49. The highest BCUT2D eigenvalue weighted by Gasteiger charge is 2.22. The molecule has 0 amide bonds. The zero-order chi connectivity index (χ0) is 12.4. The molecule has 0 N–H and O–H groups in total. The molecule has 1 aromatic carbocycles.